The van der Waals surface area contributed by atoms with Gasteiger partial charge in [0.15, 0.2) is 0 Å². The smallest absolute Gasteiger partial charge is 0.142 e. The minimum Gasteiger partial charge on any atom is -0.495 e. The summed E-state index contributed by atoms with van der Waals surface area (Å²) in [6, 6.07) is 8.21. The SMILES string of the molecule is COc1ccccc1N1CCN(c2c(C)c(C)c3c(c2C)C(O)C(C)(C)O3)CC1. The van der Waals surface area contributed by atoms with Crippen molar-refractivity contribution in [3.05, 3.63) is 46.5 Å². The Hall–Kier alpha value is -2.40. The van der Waals surface area contributed by atoms with Crippen molar-refractivity contribution in [3.63, 3.8) is 0 Å². The number of hydrogen-bond donors (Lipinski definition) is 1. The number of benzene rings is 2. The highest BCUT2D eigenvalue weighted by molar-refractivity contribution is 5.71. The van der Waals surface area contributed by atoms with Crippen LogP contribution in [-0.2, 0) is 0 Å². The van der Waals surface area contributed by atoms with Crippen LogP contribution in [0.1, 0.15) is 42.2 Å². The van der Waals surface area contributed by atoms with E-state index in [0.29, 0.717) is 0 Å². The number of nitrogens with zero attached hydrogens (tertiary/aromatic N) is 2. The lowest BCUT2D eigenvalue weighted by Crippen LogP contribution is -2.47. The van der Waals surface area contributed by atoms with E-state index in [1.165, 1.54) is 11.3 Å². The summed E-state index contributed by atoms with van der Waals surface area (Å²) in [6.45, 7) is 14.0. The molecule has 1 fully saturated rings. The Morgan fingerprint density at radius 3 is 2.24 bits per heavy atom. The molecule has 0 radical (unpaired) electrons. The van der Waals surface area contributed by atoms with Gasteiger partial charge in [-0.2, -0.15) is 0 Å². The largest absolute Gasteiger partial charge is 0.495 e. The first-order valence-corrected chi connectivity index (χ1v) is 10.4. The maximum atomic E-state index is 10.9. The first kappa shape index (κ1) is 19.9. The molecule has 29 heavy (non-hydrogen) atoms. The van der Waals surface area contributed by atoms with Crippen LogP contribution >= 0.6 is 0 Å². The quantitative estimate of drug-likeness (QED) is 0.844. The zero-order valence-electron chi connectivity index (χ0n) is 18.4. The monoisotopic (exact) mass is 396 g/mol. The zero-order chi connectivity index (χ0) is 20.9. The Kier molecular flexibility index (Phi) is 4.89. The minimum atomic E-state index is -0.606. The third kappa shape index (κ3) is 3.12. The number of methoxy groups -OCH3 is 1. The lowest BCUT2D eigenvalue weighted by Gasteiger charge is -2.39. The van der Waals surface area contributed by atoms with E-state index in [1.54, 1.807) is 7.11 Å². The highest BCUT2D eigenvalue weighted by Crippen LogP contribution is 2.50. The number of fused-ring (bicyclic) bond motifs is 1. The number of hydrogen-bond acceptors (Lipinski definition) is 5. The first-order valence-electron chi connectivity index (χ1n) is 10.4. The molecule has 2 aliphatic rings. The second kappa shape index (κ2) is 7.13. The number of para-hydroxylation sites is 2. The molecule has 0 aliphatic carbocycles. The first-order chi connectivity index (χ1) is 13.8. The fourth-order valence-electron chi connectivity index (χ4n) is 4.79. The van der Waals surface area contributed by atoms with Crippen molar-refractivity contribution in [1.82, 2.24) is 0 Å². The van der Waals surface area contributed by atoms with Crippen LogP contribution in [-0.4, -0.2) is 44.0 Å². The molecule has 0 spiro atoms. The average molecular weight is 397 g/mol. The third-order valence-electron chi connectivity index (χ3n) is 6.58. The third-order valence-corrected chi connectivity index (χ3v) is 6.58. The molecule has 0 bridgehead atoms. The predicted molar refractivity (Wildman–Crippen MR) is 118 cm³/mol. The highest BCUT2D eigenvalue weighted by atomic mass is 16.5. The van der Waals surface area contributed by atoms with E-state index in [4.69, 9.17) is 9.47 Å². The molecule has 1 unspecified atom stereocenters. The van der Waals surface area contributed by atoms with Crippen LogP contribution < -0.4 is 19.3 Å². The summed E-state index contributed by atoms with van der Waals surface area (Å²) in [6.07, 6.45) is -0.606. The lowest BCUT2D eigenvalue weighted by atomic mass is 9.89. The van der Waals surface area contributed by atoms with Gasteiger partial charge in [-0.15, -0.1) is 0 Å². The van der Waals surface area contributed by atoms with Gasteiger partial charge >= 0.3 is 0 Å². The maximum absolute atomic E-state index is 10.9. The summed E-state index contributed by atoms with van der Waals surface area (Å²) in [5.74, 6) is 1.79. The van der Waals surface area contributed by atoms with Gasteiger partial charge < -0.3 is 24.4 Å². The summed E-state index contributed by atoms with van der Waals surface area (Å²) in [5, 5.41) is 10.9. The van der Waals surface area contributed by atoms with Crippen LogP contribution in [0.5, 0.6) is 11.5 Å². The van der Waals surface area contributed by atoms with Crippen LogP contribution in [0.2, 0.25) is 0 Å². The number of ether oxygens (including phenoxy) is 2. The van der Waals surface area contributed by atoms with E-state index >= 15 is 0 Å². The Labute approximate surface area is 173 Å². The topological polar surface area (TPSA) is 45.2 Å². The van der Waals surface area contributed by atoms with Gasteiger partial charge in [-0.05, 0) is 63.4 Å². The van der Waals surface area contributed by atoms with Crippen LogP contribution in [0.4, 0.5) is 11.4 Å². The van der Waals surface area contributed by atoms with Gasteiger partial charge in [-0.25, -0.2) is 0 Å². The van der Waals surface area contributed by atoms with Gasteiger partial charge in [0.1, 0.15) is 23.2 Å². The van der Waals surface area contributed by atoms with Crippen molar-refractivity contribution in [2.24, 2.45) is 0 Å². The number of aliphatic hydroxyl groups is 1. The van der Waals surface area contributed by atoms with Gasteiger partial charge in [0.05, 0.1) is 12.8 Å². The van der Waals surface area contributed by atoms with Crippen LogP contribution in [0.15, 0.2) is 24.3 Å². The second-order valence-electron chi connectivity index (χ2n) is 8.72. The van der Waals surface area contributed by atoms with E-state index < -0.39 is 11.7 Å². The molecule has 2 heterocycles. The molecule has 5 nitrogen and oxygen atoms in total. The molecule has 0 amide bonds. The van der Waals surface area contributed by atoms with Gasteiger partial charge in [-0.3, -0.25) is 0 Å². The van der Waals surface area contributed by atoms with Crippen molar-refractivity contribution >= 4 is 11.4 Å². The summed E-state index contributed by atoms with van der Waals surface area (Å²) in [7, 11) is 1.73. The lowest BCUT2D eigenvalue weighted by molar-refractivity contribution is 0.000145. The Balaban J connectivity index is 1.63. The molecular weight excluding hydrogens is 364 g/mol. The molecule has 1 N–H and O–H groups in total. The fraction of sp³-hybridized carbons (Fsp3) is 0.500. The van der Waals surface area contributed by atoms with E-state index in [1.807, 2.05) is 26.0 Å². The number of aliphatic hydroxyl groups excluding tert-OH is 1. The van der Waals surface area contributed by atoms with E-state index in [2.05, 4.69) is 42.7 Å². The summed E-state index contributed by atoms with van der Waals surface area (Å²) < 4.78 is 11.7. The maximum Gasteiger partial charge on any atom is 0.142 e. The normalized spacial score (nSPS) is 20.4. The van der Waals surface area contributed by atoms with E-state index in [-0.39, 0.29) is 0 Å². The molecular formula is C24H32N2O3. The molecule has 1 atom stereocenters. The molecule has 5 heteroatoms. The van der Waals surface area contributed by atoms with Gasteiger partial charge in [0.2, 0.25) is 0 Å². The molecule has 2 aliphatic heterocycles. The van der Waals surface area contributed by atoms with Crippen molar-refractivity contribution in [2.45, 2.75) is 46.3 Å². The van der Waals surface area contributed by atoms with Crippen molar-refractivity contribution < 1.29 is 14.6 Å². The summed E-state index contributed by atoms with van der Waals surface area (Å²) >= 11 is 0. The number of rotatable bonds is 3. The van der Waals surface area contributed by atoms with Crippen LogP contribution in [0.3, 0.4) is 0 Å². The highest BCUT2D eigenvalue weighted by Gasteiger charge is 2.43. The fourth-order valence-corrected chi connectivity index (χ4v) is 4.79. The van der Waals surface area contributed by atoms with Gasteiger partial charge in [0, 0.05) is 37.4 Å². The van der Waals surface area contributed by atoms with Crippen molar-refractivity contribution in [2.75, 3.05) is 43.1 Å². The number of piperazine rings is 1. The number of anilines is 2. The molecule has 4 rings (SSSR count). The molecule has 0 aromatic heterocycles. The Morgan fingerprint density at radius 2 is 1.59 bits per heavy atom. The average Bonchev–Trinajstić information content (AvgIpc) is 2.96. The zero-order valence-corrected chi connectivity index (χ0v) is 18.4. The summed E-state index contributed by atoms with van der Waals surface area (Å²) in [5.41, 5.74) is 6.30. The van der Waals surface area contributed by atoms with Crippen LogP contribution in [0, 0.1) is 20.8 Å². The Bertz CT molecular complexity index is 930. The van der Waals surface area contributed by atoms with Crippen molar-refractivity contribution in [1.29, 1.82) is 0 Å². The summed E-state index contributed by atoms with van der Waals surface area (Å²) in [4.78, 5) is 4.85. The predicted octanol–water partition coefficient (Wildman–Crippen LogP) is 4.15. The van der Waals surface area contributed by atoms with E-state index in [9.17, 15) is 5.11 Å². The molecule has 0 saturated carbocycles. The standard InChI is InChI=1S/C24H32N2O3/c1-15-16(2)22-20(23(27)24(4,5)29-22)17(3)21(15)26-13-11-25(12-14-26)18-9-7-8-10-19(18)28-6/h7-10,23,27H,11-14H2,1-6H3. The minimum absolute atomic E-state index is 0.592. The molecule has 2 aromatic carbocycles. The van der Waals surface area contributed by atoms with Gasteiger partial charge in [-0.1, -0.05) is 12.1 Å². The molecule has 2 aromatic rings. The second-order valence-corrected chi connectivity index (χ2v) is 8.72. The Morgan fingerprint density at radius 1 is 0.966 bits per heavy atom. The van der Waals surface area contributed by atoms with Crippen LogP contribution in [0.25, 0.3) is 0 Å². The van der Waals surface area contributed by atoms with Gasteiger partial charge in [0.25, 0.3) is 0 Å². The van der Waals surface area contributed by atoms with Crippen molar-refractivity contribution in [3.8, 4) is 11.5 Å². The molecule has 156 valence electrons. The van der Waals surface area contributed by atoms with E-state index in [0.717, 1.165) is 60.1 Å². The molecule has 1 saturated heterocycles.